The number of fused-ring (bicyclic) bond motifs is 1. The van der Waals surface area contributed by atoms with Gasteiger partial charge >= 0.3 is 12.1 Å². The number of carboxylic acid groups (broad SMARTS) is 1. The third-order valence-electron chi connectivity index (χ3n) is 6.02. The molecule has 162 valence electrons. The summed E-state index contributed by atoms with van der Waals surface area (Å²) in [6.45, 7) is 0.687. The molecule has 4 nitrogen and oxygen atoms in total. The van der Waals surface area contributed by atoms with Crippen LogP contribution in [0, 0.1) is 5.92 Å². The second-order valence-electron chi connectivity index (χ2n) is 8.14. The summed E-state index contributed by atoms with van der Waals surface area (Å²) in [5.41, 5.74) is 0.860. The Labute approximate surface area is 177 Å². The summed E-state index contributed by atoms with van der Waals surface area (Å²) in [5.74, 6) is -2.12. The van der Waals surface area contributed by atoms with Gasteiger partial charge in [0, 0.05) is 23.6 Å². The van der Waals surface area contributed by atoms with Crippen molar-refractivity contribution in [1.29, 1.82) is 0 Å². The van der Waals surface area contributed by atoms with Crippen LogP contribution in [0.3, 0.4) is 0 Å². The Morgan fingerprint density at radius 3 is 2.39 bits per heavy atom. The van der Waals surface area contributed by atoms with Crippen molar-refractivity contribution < 1.29 is 27.9 Å². The minimum absolute atomic E-state index is 0.0622. The van der Waals surface area contributed by atoms with Gasteiger partial charge in [-0.25, -0.2) is 4.79 Å². The van der Waals surface area contributed by atoms with Gasteiger partial charge in [0.1, 0.15) is 0 Å². The van der Waals surface area contributed by atoms with Crippen LogP contribution in [0.2, 0.25) is 0 Å². The van der Waals surface area contributed by atoms with Gasteiger partial charge in [0.25, 0.3) is 5.78 Å². The van der Waals surface area contributed by atoms with Crippen molar-refractivity contribution in [2.24, 2.45) is 5.92 Å². The number of aromatic nitrogens is 1. The lowest BCUT2D eigenvalue weighted by Crippen LogP contribution is -2.14. The van der Waals surface area contributed by atoms with Crippen molar-refractivity contribution in [3.05, 3.63) is 59.8 Å². The number of carbonyl (C=O) groups excluding carboxylic acids is 1. The van der Waals surface area contributed by atoms with E-state index in [1.807, 2.05) is 4.57 Å². The normalized spacial score (nSPS) is 15.3. The first-order valence-corrected chi connectivity index (χ1v) is 10.3. The van der Waals surface area contributed by atoms with Crippen LogP contribution in [-0.2, 0) is 17.5 Å². The van der Waals surface area contributed by atoms with Crippen LogP contribution in [0.25, 0.3) is 22.0 Å². The number of hydrogen-bond acceptors (Lipinski definition) is 2. The molecule has 0 bridgehead atoms. The molecule has 0 aliphatic heterocycles. The van der Waals surface area contributed by atoms with Crippen molar-refractivity contribution in [3.8, 4) is 11.1 Å². The third kappa shape index (κ3) is 4.36. The van der Waals surface area contributed by atoms with E-state index >= 15 is 0 Å². The molecule has 2 aromatic carbocycles. The smallest absolute Gasteiger partial charge is 0.416 e. The fourth-order valence-electron chi connectivity index (χ4n) is 4.45. The lowest BCUT2D eigenvalue weighted by Gasteiger charge is -2.22. The highest BCUT2D eigenvalue weighted by Crippen LogP contribution is 2.35. The first-order valence-electron chi connectivity index (χ1n) is 10.3. The second-order valence-corrected chi connectivity index (χ2v) is 8.14. The zero-order valence-corrected chi connectivity index (χ0v) is 16.8. The predicted octanol–water partition coefficient (Wildman–Crippen LogP) is 6.17. The quantitative estimate of drug-likeness (QED) is 0.389. The highest BCUT2D eigenvalue weighted by atomic mass is 19.4. The molecule has 1 saturated carbocycles. The van der Waals surface area contributed by atoms with Crippen LogP contribution in [0.4, 0.5) is 13.2 Å². The number of alkyl halides is 3. The third-order valence-corrected chi connectivity index (χ3v) is 6.02. The monoisotopic (exact) mass is 429 g/mol. The van der Waals surface area contributed by atoms with E-state index in [-0.39, 0.29) is 5.56 Å². The Morgan fingerprint density at radius 1 is 1.00 bits per heavy atom. The molecule has 1 fully saturated rings. The van der Waals surface area contributed by atoms with Gasteiger partial charge in [-0.2, -0.15) is 13.2 Å². The molecule has 0 radical (unpaired) electrons. The summed E-state index contributed by atoms with van der Waals surface area (Å²) in [6, 6.07) is 10.0. The van der Waals surface area contributed by atoms with Crippen LogP contribution in [0.1, 0.15) is 48.0 Å². The van der Waals surface area contributed by atoms with Gasteiger partial charge in [0.05, 0.1) is 11.1 Å². The van der Waals surface area contributed by atoms with E-state index < -0.39 is 23.5 Å². The lowest BCUT2D eigenvalue weighted by molar-refractivity contribution is -0.137. The minimum Gasteiger partial charge on any atom is -0.475 e. The largest absolute Gasteiger partial charge is 0.475 e. The van der Waals surface area contributed by atoms with Gasteiger partial charge in [-0.3, -0.25) is 4.79 Å². The van der Waals surface area contributed by atoms with Crippen LogP contribution in [0.5, 0.6) is 0 Å². The molecule has 0 saturated heterocycles. The Balaban J connectivity index is 1.79. The lowest BCUT2D eigenvalue weighted by atomic mass is 9.89. The summed E-state index contributed by atoms with van der Waals surface area (Å²) in [7, 11) is 0. The SMILES string of the molecule is O=C(O)C(=O)c1cn(CC2CCCCC2)c2ccc(-c3cccc(C(F)(F)F)c3)cc12. The summed E-state index contributed by atoms with van der Waals surface area (Å²) in [6.07, 6.45) is 2.81. The van der Waals surface area contributed by atoms with Crippen LogP contribution in [0.15, 0.2) is 48.7 Å². The summed E-state index contributed by atoms with van der Waals surface area (Å²) in [5, 5.41) is 9.70. The fourth-order valence-corrected chi connectivity index (χ4v) is 4.45. The number of nitrogens with zero attached hydrogens (tertiary/aromatic N) is 1. The van der Waals surface area contributed by atoms with E-state index in [1.54, 1.807) is 30.5 Å². The highest BCUT2D eigenvalue weighted by molar-refractivity contribution is 6.42. The van der Waals surface area contributed by atoms with Gasteiger partial charge in [-0.05, 0) is 54.2 Å². The van der Waals surface area contributed by atoms with E-state index in [1.165, 1.54) is 12.5 Å². The molecule has 3 aromatic rings. The number of aliphatic carboxylic acids is 1. The first-order chi connectivity index (χ1) is 14.7. The molecule has 31 heavy (non-hydrogen) atoms. The molecule has 0 spiro atoms. The summed E-state index contributed by atoms with van der Waals surface area (Å²) >= 11 is 0. The Bertz CT molecular complexity index is 1140. The zero-order chi connectivity index (χ0) is 22.2. The molecule has 1 heterocycles. The van der Waals surface area contributed by atoms with Crippen molar-refractivity contribution in [3.63, 3.8) is 0 Å². The zero-order valence-electron chi connectivity index (χ0n) is 16.8. The number of benzene rings is 2. The maximum Gasteiger partial charge on any atom is 0.416 e. The molecular weight excluding hydrogens is 407 g/mol. The van der Waals surface area contributed by atoms with Crippen LogP contribution in [-0.4, -0.2) is 21.4 Å². The molecule has 0 atom stereocenters. The number of halogens is 3. The Morgan fingerprint density at radius 2 is 1.71 bits per heavy atom. The Kier molecular flexibility index (Phi) is 5.60. The second kappa shape index (κ2) is 8.21. The fraction of sp³-hybridized carbons (Fsp3) is 0.333. The predicted molar refractivity (Wildman–Crippen MR) is 111 cm³/mol. The van der Waals surface area contributed by atoms with Crippen molar-refractivity contribution >= 4 is 22.7 Å². The van der Waals surface area contributed by atoms with E-state index in [4.69, 9.17) is 0 Å². The van der Waals surface area contributed by atoms with Crippen LogP contribution >= 0.6 is 0 Å². The van der Waals surface area contributed by atoms with Crippen molar-refractivity contribution in [2.45, 2.75) is 44.8 Å². The molecule has 1 aromatic heterocycles. The maximum atomic E-state index is 13.1. The summed E-state index contributed by atoms with van der Waals surface area (Å²) < 4.78 is 41.2. The van der Waals surface area contributed by atoms with E-state index in [0.29, 0.717) is 34.5 Å². The van der Waals surface area contributed by atoms with E-state index in [0.717, 1.165) is 37.8 Å². The van der Waals surface area contributed by atoms with Crippen molar-refractivity contribution in [2.75, 3.05) is 0 Å². The van der Waals surface area contributed by atoms with Gasteiger partial charge < -0.3 is 9.67 Å². The van der Waals surface area contributed by atoms with Gasteiger partial charge in [-0.15, -0.1) is 0 Å². The molecule has 4 rings (SSSR count). The van der Waals surface area contributed by atoms with Crippen LogP contribution < -0.4 is 0 Å². The molecule has 7 heteroatoms. The number of rotatable bonds is 5. The maximum absolute atomic E-state index is 13.1. The Hall–Kier alpha value is -3.09. The number of Topliss-reactive ketones (excluding diaryl/α,β-unsaturated/α-hetero) is 1. The molecule has 0 amide bonds. The summed E-state index contributed by atoms with van der Waals surface area (Å²) in [4.78, 5) is 23.7. The van der Waals surface area contributed by atoms with Crippen molar-refractivity contribution in [1.82, 2.24) is 4.57 Å². The number of carboxylic acids is 1. The van der Waals surface area contributed by atoms with Gasteiger partial charge in [0.15, 0.2) is 0 Å². The van der Waals surface area contributed by atoms with Gasteiger partial charge in [-0.1, -0.05) is 37.5 Å². The molecular formula is C24H22F3NO3. The standard InChI is InChI=1S/C24H22F3NO3/c25-24(26,27)18-8-4-7-16(11-18)17-9-10-21-19(12-17)20(22(29)23(30)31)14-28(21)13-15-5-2-1-3-6-15/h4,7-12,14-15H,1-3,5-6,13H2,(H,30,31). The van der Waals surface area contributed by atoms with E-state index in [9.17, 15) is 27.9 Å². The van der Waals surface area contributed by atoms with Gasteiger partial charge in [0.2, 0.25) is 0 Å². The number of ketones is 1. The molecule has 1 aliphatic carbocycles. The highest BCUT2D eigenvalue weighted by Gasteiger charge is 2.30. The topological polar surface area (TPSA) is 59.3 Å². The number of carbonyl (C=O) groups is 2. The average molecular weight is 429 g/mol. The minimum atomic E-state index is -4.46. The average Bonchev–Trinajstić information content (AvgIpc) is 3.11. The molecule has 1 aliphatic rings. The number of hydrogen-bond donors (Lipinski definition) is 1. The molecule has 0 unspecified atom stereocenters. The molecule has 1 N–H and O–H groups in total. The first kappa shape index (κ1) is 21.2. The van der Waals surface area contributed by atoms with E-state index in [2.05, 4.69) is 0 Å².